The second kappa shape index (κ2) is 8.60. The summed E-state index contributed by atoms with van der Waals surface area (Å²) in [7, 11) is 0. The maximum Gasteiger partial charge on any atom is 0.275 e. The van der Waals surface area contributed by atoms with Crippen molar-refractivity contribution >= 4 is 39.4 Å². The molecule has 0 aliphatic rings. The smallest absolute Gasteiger partial charge is 0.275 e. The molecule has 0 spiro atoms. The summed E-state index contributed by atoms with van der Waals surface area (Å²) >= 11 is 4.96. The van der Waals surface area contributed by atoms with E-state index in [2.05, 4.69) is 26.5 Å². The third kappa shape index (κ3) is 5.01. The fourth-order valence-corrected chi connectivity index (χ4v) is 3.04. The number of nitrogens with one attached hydrogen (secondary N) is 1. The molecule has 6 heteroatoms. The number of amides is 1. The summed E-state index contributed by atoms with van der Waals surface area (Å²) in [5.74, 6) is 0.186. The number of benzene rings is 2. The number of thiophene rings is 1. The summed E-state index contributed by atoms with van der Waals surface area (Å²) in [6, 6.07) is 18.9. The number of nitrogens with zero attached hydrogens (tertiary/aromatic N) is 1. The van der Waals surface area contributed by atoms with Crippen molar-refractivity contribution in [3.8, 4) is 5.75 Å². The summed E-state index contributed by atoms with van der Waals surface area (Å²) in [5.41, 5.74) is 4.00. The fraction of sp³-hybridized carbons (Fsp3) is 0.0526. The largest absolute Gasteiger partial charge is 0.488 e. The summed E-state index contributed by atoms with van der Waals surface area (Å²) in [6.45, 7) is 0.385. The third-order valence-corrected chi connectivity index (χ3v) is 4.63. The Morgan fingerprint density at radius 1 is 1.16 bits per heavy atom. The van der Waals surface area contributed by atoms with Gasteiger partial charge in [0, 0.05) is 9.35 Å². The number of hydrogen-bond donors (Lipinski definition) is 1. The van der Waals surface area contributed by atoms with Gasteiger partial charge in [0.2, 0.25) is 0 Å². The van der Waals surface area contributed by atoms with Crippen LogP contribution >= 0.6 is 27.3 Å². The highest BCUT2D eigenvalue weighted by molar-refractivity contribution is 9.10. The normalized spacial score (nSPS) is 10.8. The van der Waals surface area contributed by atoms with Gasteiger partial charge >= 0.3 is 0 Å². The van der Waals surface area contributed by atoms with Crippen LogP contribution in [0.1, 0.15) is 20.8 Å². The number of carbonyl (C=O) groups is 1. The predicted octanol–water partition coefficient (Wildman–Crippen LogP) is 4.85. The molecule has 4 nitrogen and oxygen atoms in total. The van der Waals surface area contributed by atoms with Crippen molar-refractivity contribution < 1.29 is 9.53 Å². The first-order valence-corrected chi connectivity index (χ1v) is 9.23. The lowest BCUT2D eigenvalue weighted by Crippen LogP contribution is -2.18. The average Bonchev–Trinajstić information content (AvgIpc) is 3.14. The van der Waals surface area contributed by atoms with Gasteiger partial charge in [0.15, 0.2) is 0 Å². The van der Waals surface area contributed by atoms with Crippen LogP contribution in [0, 0.1) is 0 Å². The lowest BCUT2D eigenvalue weighted by Gasteiger charge is -2.11. The first-order valence-electron chi connectivity index (χ1n) is 7.55. The summed E-state index contributed by atoms with van der Waals surface area (Å²) in [5, 5.41) is 5.94. The molecule has 3 aromatic rings. The molecule has 0 fully saturated rings. The Hall–Kier alpha value is -2.44. The van der Waals surface area contributed by atoms with E-state index in [1.54, 1.807) is 35.8 Å². The lowest BCUT2D eigenvalue weighted by atomic mass is 10.2. The van der Waals surface area contributed by atoms with Gasteiger partial charge in [-0.25, -0.2) is 5.43 Å². The van der Waals surface area contributed by atoms with E-state index in [1.807, 2.05) is 47.8 Å². The fourth-order valence-electron chi connectivity index (χ4n) is 2.12. The molecule has 25 heavy (non-hydrogen) atoms. The number of halogens is 1. The molecule has 0 atom stereocenters. The number of hydrogen-bond acceptors (Lipinski definition) is 4. The van der Waals surface area contributed by atoms with Crippen molar-refractivity contribution in [2.45, 2.75) is 6.61 Å². The Balaban J connectivity index is 1.70. The maximum atomic E-state index is 12.4. The monoisotopic (exact) mass is 414 g/mol. The average molecular weight is 415 g/mol. The summed E-state index contributed by atoms with van der Waals surface area (Å²) < 4.78 is 6.68. The third-order valence-electron chi connectivity index (χ3n) is 3.33. The van der Waals surface area contributed by atoms with Crippen molar-refractivity contribution in [1.29, 1.82) is 0 Å². The zero-order chi connectivity index (χ0) is 17.5. The van der Waals surface area contributed by atoms with E-state index in [4.69, 9.17) is 4.74 Å². The molecule has 1 N–H and O–H groups in total. The molecule has 126 valence electrons. The standard InChI is InChI=1S/C19H15BrN2O2S/c20-15-8-9-17(19(23)22-21-12-16-7-4-10-25-16)18(11-15)24-13-14-5-2-1-3-6-14/h1-12H,13H2,(H,22,23)/b21-12+. The maximum absolute atomic E-state index is 12.4. The molecule has 1 heterocycles. The van der Waals surface area contributed by atoms with Crippen LogP contribution in [0.2, 0.25) is 0 Å². The van der Waals surface area contributed by atoms with E-state index in [9.17, 15) is 4.79 Å². The highest BCUT2D eigenvalue weighted by atomic mass is 79.9. The van der Waals surface area contributed by atoms with Gasteiger partial charge < -0.3 is 4.74 Å². The van der Waals surface area contributed by atoms with E-state index in [0.29, 0.717) is 17.9 Å². The van der Waals surface area contributed by atoms with Crippen LogP contribution < -0.4 is 10.2 Å². The minimum Gasteiger partial charge on any atom is -0.488 e. The van der Waals surface area contributed by atoms with E-state index < -0.39 is 0 Å². The summed E-state index contributed by atoms with van der Waals surface area (Å²) in [6.07, 6.45) is 1.62. The van der Waals surface area contributed by atoms with Gasteiger partial charge in [-0.2, -0.15) is 5.10 Å². The zero-order valence-electron chi connectivity index (χ0n) is 13.2. The molecule has 0 radical (unpaired) electrons. The highest BCUT2D eigenvalue weighted by Gasteiger charge is 2.13. The molecular weight excluding hydrogens is 400 g/mol. The molecule has 3 rings (SSSR count). The van der Waals surface area contributed by atoms with E-state index in [0.717, 1.165) is 14.9 Å². The molecule has 0 saturated carbocycles. The van der Waals surface area contributed by atoms with Gasteiger partial charge in [0.05, 0.1) is 11.8 Å². The van der Waals surface area contributed by atoms with E-state index >= 15 is 0 Å². The van der Waals surface area contributed by atoms with Gasteiger partial charge in [-0.05, 0) is 35.2 Å². The minimum absolute atomic E-state index is 0.316. The van der Waals surface area contributed by atoms with Crippen LogP contribution in [0.4, 0.5) is 0 Å². The molecule has 0 bridgehead atoms. The first-order chi connectivity index (χ1) is 12.2. The number of rotatable bonds is 6. The van der Waals surface area contributed by atoms with E-state index in [1.165, 1.54) is 0 Å². The minimum atomic E-state index is -0.316. The molecule has 0 unspecified atom stereocenters. The van der Waals surface area contributed by atoms with Crippen LogP contribution in [0.25, 0.3) is 0 Å². The second-order valence-electron chi connectivity index (χ2n) is 5.13. The second-order valence-corrected chi connectivity index (χ2v) is 7.02. The predicted molar refractivity (Wildman–Crippen MR) is 104 cm³/mol. The Labute approximate surface area is 158 Å². The Morgan fingerprint density at radius 3 is 2.76 bits per heavy atom. The van der Waals surface area contributed by atoms with Crippen LogP contribution in [0.5, 0.6) is 5.75 Å². The van der Waals surface area contributed by atoms with Crippen molar-refractivity contribution in [1.82, 2.24) is 5.43 Å². The van der Waals surface area contributed by atoms with Gasteiger partial charge in [0.1, 0.15) is 12.4 Å². The zero-order valence-corrected chi connectivity index (χ0v) is 15.6. The summed E-state index contributed by atoms with van der Waals surface area (Å²) in [4.78, 5) is 13.4. The lowest BCUT2D eigenvalue weighted by molar-refractivity contribution is 0.0950. The molecule has 1 aromatic heterocycles. The SMILES string of the molecule is O=C(N/N=C/c1cccs1)c1ccc(Br)cc1OCc1ccccc1. The molecule has 0 aliphatic heterocycles. The first kappa shape index (κ1) is 17.4. The number of hydrazone groups is 1. The van der Waals surface area contributed by atoms with Crippen LogP contribution in [0.15, 0.2) is 75.6 Å². The van der Waals surface area contributed by atoms with Crippen LogP contribution in [-0.4, -0.2) is 12.1 Å². The van der Waals surface area contributed by atoms with E-state index in [-0.39, 0.29) is 5.91 Å². The van der Waals surface area contributed by atoms with Gasteiger partial charge in [0.25, 0.3) is 5.91 Å². The highest BCUT2D eigenvalue weighted by Crippen LogP contribution is 2.24. The van der Waals surface area contributed by atoms with Crippen molar-refractivity contribution in [2.24, 2.45) is 5.10 Å². The van der Waals surface area contributed by atoms with Crippen molar-refractivity contribution in [3.05, 3.63) is 86.5 Å². The van der Waals surface area contributed by atoms with Gasteiger partial charge in [-0.15, -0.1) is 11.3 Å². The van der Waals surface area contributed by atoms with Gasteiger partial charge in [-0.1, -0.05) is 52.3 Å². The van der Waals surface area contributed by atoms with Gasteiger partial charge in [-0.3, -0.25) is 4.79 Å². The van der Waals surface area contributed by atoms with Crippen LogP contribution in [0.3, 0.4) is 0 Å². The molecule has 0 aliphatic carbocycles. The quantitative estimate of drug-likeness (QED) is 0.462. The Kier molecular flexibility index (Phi) is 5.98. The number of ether oxygens (including phenoxy) is 1. The van der Waals surface area contributed by atoms with Crippen molar-refractivity contribution in [2.75, 3.05) is 0 Å². The molecular formula is C19H15BrN2O2S. The van der Waals surface area contributed by atoms with Crippen molar-refractivity contribution in [3.63, 3.8) is 0 Å². The molecule has 0 saturated heterocycles. The molecule has 1 amide bonds. The number of carbonyl (C=O) groups excluding carboxylic acids is 1. The molecule has 2 aromatic carbocycles. The van der Waals surface area contributed by atoms with Crippen LogP contribution in [-0.2, 0) is 6.61 Å². The Morgan fingerprint density at radius 2 is 2.00 bits per heavy atom. The topological polar surface area (TPSA) is 50.7 Å². The Bertz CT molecular complexity index is 864.